The third-order valence-corrected chi connectivity index (χ3v) is 4.39. The number of aryl methyl sites for hydroxylation is 2. The first-order valence-corrected chi connectivity index (χ1v) is 8.40. The van der Waals surface area contributed by atoms with Crippen LogP contribution < -0.4 is 0 Å². The molecule has 0 unspecified atom stereocenters. The van der Waals surface area contributed by atoms with Crippen molar-refractivity contribution in [3.63, 3.8) is 0 Å². The number of rotatable bonds is 6. The van der Waals surface area contributed by atoms with Crippen molar-refractivity contribution in [3.8, 4) is 0 Å². The number of benzene rings is 3. The third kappa shape index (κ3) is 4.14. The van der Waals surface area contributed by atoms with E-state index in [0.29, 0.717) is 0 Å². The second kappa shape index (κ2) is 7.97. The van der Waals surface area contributed by atoms with Gasteiger partial charge in [-0.05, 0) is 60.1 Å². The molecule has 0 atom stereocenters. The normalized spacial score (nSPS) is 10.8. The molecule has 118 valence electrons. The molecule has 0 nitrogen and oxygen atoms in total. The Balaban J connectivity index is 1.69. The molecule has 0 aliphatic rings. The first-order chi connectivity index (χ1) is 11.7. The van der Waals surface area contributed by atoms with Gasteiger partial charge in [-0.25, -0.2) is 0 Å². The van der Waals surface area contributed by atoms with Crippen molar-refractivity contribution < 1.29 is 0 Å². The summed E-state index contributed by atoms with van der Waals surface area (Å²) in [6.07, 6.45) is 8.78. The average Bonchev–Trinajstić information content (AvgIpc) is 2.61. The Labute approximate surface area is 146 Å². The van der Waals surface area contributed by atoms with E-state index in [9.17, 15) is 0 Å². The largest absolute Gasteiger partial charge is 0.0620 e. The molecule has 0 fully saturated rings. The smallest absolute Gasteiger partial charge is 0.0214 e. The van der Waals surface area contributed by atoms with Crippen LogP contribution in [0, 0.1) is 26.7 Å². The fourth-order valence-corrected chi connectivity index (χ4v) is 2.79. The zero-order valence-electron chi connectivity index (χ0n) is 14.3. The Morgan fingerprint density at radius 2 is 0.917 bits per heavy atom. The molecule has 0 N–H and O–H groups in total. The van der Waals surface area contributed by atoms with Gasteiger partial charge in [0.25, 0.3) is 0 Å². The lowest BCUT2D eigenvalue weighted by Crippen LogP contribution is -1.98. The molecule has 0 bridgehead atoms. The van der Waals surface area contributed by atoms with Crippen molar-refractivity contribution >= 4 is 0 Å². The standard InChI is InChI=1S/C24H22/c1-19-9-3-5-11-21(19)15-17-23-13-7-8-14-24(23)18-16-22-12-6-4-10-20(22)2/h3-14H,15-16H2,1-2H3. The predicted molar refractivity (Wildman–Crippen MR) is 101 cm³/mol. The molecule has 0 aliphatic carbocycles. The monoisotopic (exact) mass is 310 g/mol. The van der Waals surface area contributed by atoms with Gasteiger partial charge in [-0.3, -0.25) is 0 Å². The minimum Gasteiger partial charge on any atom is -0.0620 e. The molecular weight excluding hydrogens is 288 g/mol. The van der Waals surface area contributed by atoms with Gasteiger partial charge in [0.1, 0.15) is 0 Å². The van der Waals surface area contributed by atoms with Crippen molar-refractivity contribution in [3.05, 3.63) is 119 Å². The van der Waals surface area contributed by atoms with Crippen LogP contribution in [0.15, 0.2) is 72.8 Å². The lowest BCUT2D eigenvalue weighted by molar-refractivity contribution is 1.09. The second-order valence-electron chi connectivity index (χ2n) is 6.11. The van der Waals surface area contributed by atoms with Gasteiger partial charge in [0.15, 0.2) is 0 Å². The van der Waals surface area contributed by atoms with Gasteiger partial charge in [0.2, 0.25) is 0 Å². The Morgan fingerprint density at radius 1 is 0.542 bits per heavy atom. The van der Waals surface area contributed by atoms with Crippen molar-refractivity contribution in [2.24, 2.45) is 0 Å². The second-order valence-corrected chi connectivity index (χ2v) is 6.11. The summed E-state index contributed by atoms with van der Waals surface area (Å²) in [6.45, 7) is 4.30. The summed E-state index contributed by atoms with van der Waals surface area (Å²) in [6, 6.07) is 25.4. The maximum absolute atomic E-state index is 3.56. The van der Waals surface area contributed by atoms with Gasteiger partial charge in [0.05, 0.1) is 0 Å². The summed E-state index contributed by atoms with van der Waals surface area (Å²) < 4.78 is 0. The fourth-order valence-electron chi connectivity index (χ4n) is 2.79. The summed E-state index contributed by atoms with van der Waals surface area (Å²) in [5.41, 5.74) is 7.55. The molecule has 0 amide bonds. The Kier molecular flexibility index (Phi) is 5.48. The molecule has 3 aromatic carbocycles. The van der Waals surface area contributed by atoms with Crippen LogP contribution in [0.3, 0.4) is 0 Å². The maximum Gasteiger partial charge on any atom is 0.0214 e. The van der Waals surface area contributed by atoms with Crippen LogP contribution in [-0.4, -0.2) is 0 Å². The van der Waals surface area contributed by atoms with E-state index >= 15 is 0 Å². The minimum atomic E-state index is 0.829. The van der Waals surface area contributed by atoms with Crippen molar-refractivity contribution in [1.29, 1.82) is 0 Å². The molecule has 0 heterocycles. The highest BCUT2D eigenvalue weighted by atomic mass is 14.1. The first-order valence-electron chi connectivity index (χ1n) is 8.40. The zero-order valence-corrected chi connectivity index (χ0v) is 14.3. The van der Waals surface area contributed by atoms with E-state index in [1.54, 1.807) is 0 Å². The van der Waals surface area contributed by atoms with Crippen LogP contribution in [0.2, 0.25) is 0 Å². The molecule has 0 spiro atoms. The molecule has 0 saturated carbocycles. The highest BCUT2D eigenvalue weighted by Gasteiger charge is 2.06. The van der Waals surface area contributed by atoms with E-state index in [4.69, 9.17) is 0 Å². The van der Waals surface area contributed by atoms with E-state index in [2.05, 4.69) is 99.5 Å². The van der Waals surface area contributed by atoms with Crippen molar-refractivity contribution in [1.82, 2.24) is 0 Å². The molecule has 0 heteroatoms. The molecule has 0 aliphatic heterocycles. The SMILES string of the molecule is Cc1ccccc1C[C]c1ccccc1[C]Cc1ccccc1C. The van der Waals surface area contributed by atoms with Crippen molar-refractivity contribution in [2.45, 2.75) is 26.7 Å². The van der Waals surface area contributed by atoms with Gasteiger partial charge < -0.3 is 0 Å². The van der Waals surface area contributed by atoms with E-state index in [0.717, 1.165) is 24.0 Å². The molecule has 24 heavy (non-hydrogen) atoms. The summed E-state index contributed by atoms with van der Waals surface area (Å²) >= 11 is 0. The molecule has 0 aromatic heterocycles. The lowest BCUT2D eigenvalue weighted by Gasteiger charge is -2.10. The molecule has 3 rings (SSSR count). The van der Waals surface area contributed by atoms with Crippen LogP contribution in [0.4, 0.5) is 0 Å². The van der Waals surface area contributed by atoms with E-state index < -0.39 is 0 Å². The summed E-state index contributed by atoms with van der Waals surface area (Å²) in [4.78, 5) is 0. The maximum atomic E-state index is 3.56. The van der Waals surface area contributed by atoms with Crippen LogP contribution in [-0.2, 0) is 12.8 Å². The van der Waals surface area contributed by atoms with Crippen molar-refractivity contribution in [2.75, 3.05) is 0 Å². The fraction of sp³-hybridized carbons (Fsp3) is 0.167. The highest BCUT2D eigenvalue weighted by molar-refractivity contribution is 5.41. The highest BCUT2D eigenvalue weighted by Crippen LogP contribution is 2.20. The quantitative estimate of drug-likeness (QED) is 0.552. The minimum absolute atomic E-state index is 0.829. The van der Waals surface area contributed by atoms with E-state index in [1.165, 1.54) is 22.3 Å². The van der Waals surface area contributed by atoms with Crippen LogP contribution in [0.1, 0.15) is 33.4 Å². The van der Waals surface area contributed by atoms with Gasteiger partial charge in [-0.1, -0.05) is 72.8 Å². The predicted octanol–water partition coefficient (Wildman–Crippen LogP) is 5.65. The zero-order chi connectivity index (χ0) is 16.8. The van der Waals surface area contributed by atoms with Gasteiger partial charge in [-0.15, -0.1) is 0 Å². The van der Waals surface area contributed by atoms with Gasteiger partial charge in [-0.2, -0.15) is 0 Å². The Morgan fingerprint density at radius 3 is 1.33 bits per heavy atom. The van der Waals surface area contributed by atoms with E-state index in [1.807, 2.05) is 0 Å². The lowest BCUT2D eigenvalue weighted by atomic mass is 9.94. The molecular formula is C24H22. The van der Waals surface area contributed by atoms with E-state index in [-0.39, 0.29) is 0 Å². The Hall–Kier alpha value is -2.34. The average molecular weight is 310 g/mol. The number of hydrogen-bond acceptors (Lipinski definition) is 0. The topological polar surface area (TPSA) is 0 Å². The first kappa shape index (κ1) is 16.5. The summed E-state index contributed by atoms with van der Waals surface area (Å²) in [7, 11) is 0. The van der Waals surface area contributed by atoms with Crippen LogP contribution in [0.25, 0.3) is 0 Å². The van der Waals surface area contributed by atoms with Gasteiger partial charge in [0, 0.05) is 12.8 Å². The Bertz CT molecular complexity index is 730. The molecule has 0 saturated heterocycles. The number of hydrogen-bond donors (Lipinski definition) is 0. The van der Waals surface area contributed by atoms with Gasteiger partial charge >= 0.3 is 0 Å². The summed E-state index contributed by atoms with van der Waals surface area (Å²) in [5.74, 6) is 0. The third-order valence-electron chi connectivity index (χ3n) is 4.39. The molecule has 4 radical (unpaired) electrons. The van der Waals surface area contributed by atoms with Crippen LogP contribution >= 0.6 is 0 Å². The summed E-state index contributed by atoms with van der Waals surface area (Å²) in [5, 5.41) is 0. The van der Waals surface area contributed by atoms with Crippen LogP contribution in [0.5, 0.6) is 0 Å². The molecule has 3 aromatic rings.